The molecule has 0 saturated heterocycles. The standard InChI is InChI=1S/C32H39NO5/c1-6-22(17-21-11-8-7-9-12-21)27-19-26(34)29(31(36)37-27)28(23-15-16-23)24-13-10-14-25(18-24)33-20(2)30(35)38-32(3,4)5/h7-14,18-20,22-23,28,33-34H,6,15-17H2,1-5H3/t20-,22?,28?/m0/s1. The maximum Gasteiger partial charge on any atom is 0.343 e. The lowest BCUT2D eigenvalue weighted by Gasteiger charge is -2.24. The van der Waals surface area contributed by atoms with Crippen LogP contribution in [0.5, 0.6) is 5.75 Å². The Hall–Kier alpha value is -3.54. The van der Waals surface area contributed by atoms with Gasteiger partial charge >= 0.3 is 11.6 Å². The minimum Gasteiger partial charge on any atom is -0.507 e. The molecule has 202 valence electrons. The molecule has 4 rings (SSSR count). The van der Waals surface area contributed by atoms with Crippen molar-refractivity contribution < 1.29 is 19.1 Å². The van der Waals surface area contributed by atoms with Gasteiger partial charge in [-0.05, 0) is 82.6 Å². The molecule has 6 heteroatoms. The summed E-state index contributed by atoms with van der Waals surface area (Å²) in [5.41, 5.74) is 2.07. The molecule has 3 atom stereocenters. The van der Waals surface area contributed by atoms with E-state index in [1.807, 2.05) is 63.2 Å². The molecule has 1 saturated carbocycles. The topological polar surface area (TPSA) is 88.8 Å². The van der Waals surface area contributed by atoms with E-state index >= 15 is 0 Å². The van der Waals surface area contributed by atoms with E-state index in [0.29, 0.717) is 11.3 Å². The van der Waals surface area contributed by atoms with Crippen LogP contribution < -0.4 is 10.9 Å². The first-order chi connectivity index (χ1) is 18.1. The molecule has 2 N–H and O–H groups in total. The Balaban J connectivity index is 1.60. The van der Waals surface area contributed by atoms with Gasteiger partial charge in [0.25, 0.3) is 0 Å². The highest BCUT2D eigenvalue weighted by atomic mass is 16.6. The third-order valence-electron chi connectivity index (χ3n) is 7.00. The molecule has 0 bridgehead atoms. The molecule has 38 heavy (non-hydrogen) atoms. The quantitative estimate of drug-likeness (QED) is 0.289. The van der Waals surface area contributed by atoms with Gasteiger partial charge in [0.1, 0.15) is 23.2 Å². The predicted octanol–water partition coefficient (Wildman–Crippen LogP) is 6.77. The number of nitrogens with one attached hydrogen (secondary N) is 1. The van der Waals surface area contributed by atoms with Gasteiger partial charge in [0.2, 0.25) is 0 Å². The van der Waals surface area contributed by atoms with E-state index in [2.05, 4.69) is 24.4 Å². The maximum absolute atomic E-state index is 13.4. The van der Waals surface area contributed by atoms with Crippen LogP contribution in [0.15, 0.2) is 69.9 Å². The van der Waals surface area contributed by atoms with Crippen molar-refractivity contribution in [3.8, 4) is 5.75 Å². The molecule has 1 aromatic heterocycles. The van der Waals surface area contributed by atoms with E-state index in [0.717, 1.165) is 42.5 Å². The molecule has 1 aliphatic rings. The number of aromatic hydroxyl groups is 1. The van der Waals surface area contributed by atoms with E-state index in [1.165, 1.54) is 0 Å². The molecular weight excluding hydrogens is 478 g/mol. The molecule has 2 unspecified atom stereocenters. The van der Waals surface area contributed by atoms with E-state index in [9.17, 15) is 14.7 Å². The van der Waals surface area contributed by atoms with Crippen LogP contribution >= 0.6 is 0 Å². The fraction of sp³-hybridized carbons (Fsp3) is 0.438. The fourth-order valence-electron chi connectivity index (χ4n) is 4.97. The summed E-state index contributed by atoms with van der Waals surface area (Å²) in [6.45, 7) is 9.34. The molecule has 0 radical (unpaired) electrons. The lowest BCUT2D eigenvalue weighted by molar-refractivity contribution is -0.155. The summed E-state index contributed by atoms with van der Waals surface area (Å²) in [7, 11) is 0. The Morgan fingerprint density at radius 2 is 1.82 bits per heavy atom. The zero-order chi connectivity index (χ0) is 27.4. The summed E-state index contributed by atoms with van der Waals surface area (Å²) in [5.74, 6) is 0.120. The van der Waals surface area contributed by atoms with Crippen LogP contribution in [-0.2, 0) is 16.0 Å². The zero-order valence-electron chi connectivity index (χ0n) is 23.0. The molecule has 0 spiro atoms. The number of carbonyl (C=O) groups is 1. The van der Waals surface area contributed by atoms with Gasteiger partial charge in [0.05, 0.1) is 5.56 Å². The van der Waals surface area contributed by atoms with Gasteiger partial charge in [-0.2, -0.15) is 0 Å². The Morgan fingerprint density at radius 3 is 2.42 bits per heavy atom. The number of ether oxygens (including phenoxy) is 1. The monoisotopic (exact) mass is 517 g/mol. The Bertz CT molecular complexity index is 1300. The van der Waals surface area contributed by atoms with E-state index in [4.69, 9.17) is 9.15 Å². The van der Waals surface area contributed by atoms with Crippen molar-refractivity contribution in [2.45, 2.75) is 83.8 Å². The smallest absolute Gasteiger partial charge is 0.343 e. The highest BCUT2D eigenvalue weighted by Crippen LogP contribution is 2.48. The van der Waals surface area contributed by atoms with Gasteiger partial charge in [-0.1, -0.05) is 49.4 Å². The molecule has 1 fully saturated rings. The van der Waals surface area contributed by atoms with Crippen molar-refractivity contribution in [1.29, 1.82) is 0 Å². The van der Waals surface area contributed by atoms with Gasteiger partial charge in [-0.25, -0.2) is 9.59 Å². The Morgan fingerprint density at radius 1 is 1.11 bits per heavy atom. The summed E-state index contributed by atoms with van der Waals surface area (Å²) in [5, 5.41) is 14.4. The van der Waals surface area contributed by atoms with Gasteiger partial charge < -0.3 is 19.6 Å². The largest absolute Gasteiger partial charge is 0.507 e. The fourth-order valence-corrected chi connectivity index (χ4v) is 4.97. The van der Waals surface area contributed by atoms with Crippen molar-refractivity contribution in [3.63, 3.8) is 0 Å². The van der Waals surface area contributed by atoms with Crippen LogP contribution in [0.25, 0.3) is 0 Å². The summed E-state index contributed by atoms with van der Waals surface area (Å²) in [6.07, 6.45) is 3.46. The van der Waals surface area contributed by atoms with E-state index in [-0.39, 0.29) is 29.5 Å². The Labute approximate surface area is 225 Å². The molecule has 2 aromatic carbocycles. The van der Waals surface area contributed by atoms with Crippen LogP contribution in [0.4, 0.5) is 5.69 Å². The average Bonchev–Trinajstić information content (AvgIpc) is 3.69. The van der Waals surface area contributed by atoms with Crippen LogP contribution in [0.3, 0.4) is 0 Å². The normalized spacial score (nSPS) is 15.9. The first-order valence-corrected chi connectivity index (χ1v) is 13.6. The third-order valence-corrected chi connectivity index (χ3v) is 7.00. The van der Waals surface area contributed by atoms with Gasteiger partial charge in [0.15, 0.2) is 0 Å². The van der Waals surface area contributed by atoms with Gasteiger partial charge in [0, 0.05) is 23.6 Å². The van der Waals surface area contributed by atoms with Crippen molar-refractivity contribution in [1.82, 2.24) is 0 Å². The first-order valence-electron chi connectivity index (χ1n) is 13.6. The molecule has 0 aliphatic heterocycles. The van der Waals surface area contributed by atoms with E-state index in [1.54, 1.807) is 13.0 Å². The minimum atomic E-state index is -0.568. The van der Waals surface area contributed by atoms with Crippen LogP contribution in [-0.4, -0.2) is 22.7 Å². The molecule has 1 heterocycles. The van der Waals surface area contributed by atoms with Crippen molar-refractivity contribution in [2.24, 2.45) is 5.92 Å². The number of carbonyl (C=O) groups excluding carboxylic acids is 1. The van der Waals surface area contributed by atoms with Gasteiger partial charge in [-0.3, -0.25) is 0 Å². The summed E-state index contributed by atoms with van der Waals surface area (Å²) in [4.78, 5) is 25.8. The van der Waals surface area contributed by atoms with E-state index < -0.39 is 17.3 Å². The number of benzene rings is 2. The molecule has 6 nitrogen and oxygen atoms in total. The van der Waals surface area contributed by atoms with Crippen LogP contribution in [0.2, 0.25) is 0 Å². The predicted molar refractivity (Wildman–Crippen MR) is 150 cm³/mol. The molecule has 0 amide bonds. The van der Waals surface area contributed by atoms with Crippen LogP contribution in [0.1, 0.15) is 88.2 Å². The highest BCUT2D eigenvalue weighted by Gasteiger charge is 2.38. The lowest BCUT2D eigenvalue weighted by Crippen LogP contribution is -2.34. The SMILES string of the molecule is CCC(Cc1ccccc1)c1cc(O)c(C(c2cccc(N[C@@H](C)C(=O)OC(C)(C)C)c2)C2CC2)c(=O)o1. The van der Waals surface area contributed by atoms with Gasteiger partial charge in [-0.15, -0.1) is 0 Å². The second kappa shape index (κ2) is 11.5. The van der Waals surface area contributed by atoms with Crippen LogP contribution in [0, 0.1) is 5.92 Å². The summed E-state index contributed by atoms with van der Waals surface area (Å²) in [6, 6.07) is 18.9. The lowest BCUT2D eigenvalue weighted by atomic mass is 9.86. The second-order valence-corrected chi connectivity index (χ2v) is 11.4. The average molecular weight is 518 g/mol. The number of hydrogen-bond donors (Lipinski definition) is 2. The first kappa shape index (κ1) is 27.5. The zero-order valence-corrected chi connectivity index (χ0v) is 23.0. The van der Waals surface area contributed by atoms with Crippen molar-refractivity contribution in [2.75, 3.05) is 5.32 Å². The highest BCUT2D eigenvalue weighted by molar-refractivity contribution is 5.79. The number of hydrogen-bond acceptors (Lipinski definition) is 6. The molecule has 1 aliphatic carbocycles. The summed E-state index contributed by atoms with van der Waals surface area (Å²) < 4.78 is 11.4. The number of rotatable bonds is 10. The van der Waals surface area contributed by atoms with Crippen molar-refractivity contribution in [3.05, 3.63) is 93.5 Å². The molecular formula is C32H39NO5. The summed E-state index contributed by atoms with van der Waals surface area (Å²) >= 11 is 0. The molecule has 3 aromatic rings. The number of anilines is 1. The minimum absolute atomic E-state index is 0.00806. The Kier molecular flexibility index (Phi) is 8.29. The van der Waals surface area contributed by atoms with Crippen molar-refractivity contribution >= 4 is 11.7 Å². The third kappa shape index (κ3) is 6.85. The second-order valence-electron chi connectivity index (χ2n) is 11.4. The number of esters is 1. The maximum atomic E-state index is 13.4.